The van der Waals surface area contributed by atoms with Crippen molar-refractivity contribution < 1.29 is 0 Å². The second-order valence-electron chi connectivity index (χ2n) is 15.0. The Bertz CT molecular complexity index is 1470. The third-order valence-corrected chi connectivity index (χ3v) is 6.73. The van der Waals surface area contributed by atoms with Gasteiger partial charge in [0.1, 0.15) is 0 Å². The third kappa shape index (κ3) is 11.9. The Hall–Kier alpha value is -3.38. The first-order valence-electron chi connectivity index (χ1n) is 15.2. The van der Waals surface area contributed by atoms with E-state index in [2.05, 4.69) is 178 Å². The van der Waals surface area contributed by atoms with Gasteiger partial charge in [0.05, 0.1) is 0 Å². The lowest BCUT2D eigenvalue weighted by atomic mass is 9.86. The topological polar surface area (TPSA) is 0 Å². The molecule has 0 saturated heterocycles. The Balaban J connectivity index is 0.000000172. The molecular formula is C41H52. The van der Waals surface area contributed by atoms with Crippen LogP contribution in [0.25, 0.3) is 21.5 Å². The van der Waals surface area contributed by atoms with Crippen LogP contribution in [-0.2, 0) is 19.3 Å². The summed E-state index contributed by atoms with van der Waals surface area (Å²) in [5.41, 5.74) is 5.44. The van der Waals surface area contributed by atoms with Crippen molar-refractivity contribution in [2.24, 2.45) is 16.2 Å². The van der Waals surface area contributed by atoms with E-state index in [9.17, 15) is 0 Å². The van der Waals surface area contributed by atoms with Crippen LogP contribution >= 0.6 is 0 Å². The van der Waals surface area contributed by atoms with Gasteiger partial charge < -0.3 is 0 Å². The molecule has 0 fully saturated rings. The number of hydrogen-bond donors (Lipinski definition) is 0. The van der Waals surface area contributed by atoms with E-state index in [4.69, 9.17) is 0 Å². The van der Waals surface area contributed by atoms with Crippen molar-refractivity contribution in [2.45, 2.75) is 81.6 Å². The van der Waals surface area contributed by atoms with Crippen LogP contribution in [0.1, 0.15) is 79.0 Å². The molecule has 41 heavy (non-hydrogen) atoms. The van der Waals surface area contributed by atoms with Crippen LogP contribution in [0.5, 0.6) is 0 Å². The van der Waals surface area contributed by atoms with Gasteiger partial charge in [-0.1, -0.05) is 178 Å². The Labute approximate surface area is 250 Å². The quantitative estimate of drug-likeness (QED) is 0.212. The second kappa shape index (κ2) is 14.0. The van der Waals surface area contributed by atoms with E-state index in [1.807, 2.05) is 0 Å². The fourth-order valence-corrected chi connectivity index (χ4v) is 5.19. The average Bonchev–Trinajstić information content (AvgIpc) is 2.87. The molecule has 5 rings (SSSR count). The molecule has 0 nitrogen and oxygen atoms in total. The first kappa shape index (κ1) is 32.1. The summed E-state index contributed by atoms with van der Waals surface area (Å²) in [4.78, 5) is 0. The summed E-state index contributed by atoms with van der Waals surface area (Å²) in [6.07, 6.45) is 3.43. The smallest absolute Gasteiger partial charge is 0.0152 e. The second-order valence-corrected chi connectivity index (χ2v) is 15.0. The zero-order chi connectivity index (χ0) is 30.1. The molecular weight excluding hydrogens is 492 g/mol. The molecule has 0 unspecified atom stereocenters. The molecule has 0 amide bonds. The summed E-state index contributed by atoms with van der Waals surface area (Å²) < 4.78 is 0. The Morgan fingerprint density at radius 2 is 0.854 bits per heavy atom. The molecule has 5 aromatic rings. The molecule has 0 heteroatoms. The molecule has 0 aromatic heterocycles. The Morgan fingerprint density at radius 3 is 1.46 bits per heavy atom. The summed E-state index contributed by atoms with van der Waals surface area (Å²) in [7, 11) is 0. The van der Waals surface area contributed by atoms with Gasteiger partial charge in [-0.25, -0.2) is 0 Å². The van der Waals surface area contributed by atoms with Gasteiger partial charge in [0.15, 0.2) is 0 Å². The van der Waals surface area contributed by atoms with Gasteiger partial charge in [-0.2, -0.15) is 0 Å². The monoisotopic (exact) mass is 544 g/mol. The minimum Gasteiger partial charge on any atom is -0.0622 e. The zero-order valence-corrected chi connectivity index (χ0v) is 27.1. The molecule has 0 radical (unpaired) electrons. The predicted molar refractivity (Wildman–Crippen MR) is 184 cm³/mol. The molecule has 0 aliphatic carbocycles. The molecule has 216 valence electrons. The van der Waals surface area contributed by atoms with Crippen LogP contribution in [0.4, 0.5) is 0 Å². The van der Waals surface area contributed by atoms with Crippen molar-refractivity contribution in [2.75, 3.05) is 0 Å². The van der Waals surface area contributed by atoms with E-state index in [0.29, 0.717) is 16.2 Å². The van der Waals surface area contributed by atoms with Crippen LogP contribution < -0.4 is 0 Å². The third-order valence-electron chi connectivity index (χ3n) is 6.73. The Morgan fingerprint density at radius 1 is 0.366 bits per heavy atom. The van der Waals surface area contributed by atoms with Crippen molar-refractivity contribution in [1.29, 1.82) is 0 Å². The van der Waals surface area contributed by atoms with Crippen LogP contribution in [0.15, 0.2) is 115 Å². The van der Waals surface area contributed by atoms with Crippen molar-refractivity contribution >= 4 is 21.5 Å². The molecule has 0 aliphatic heterocycles. The van der Waals surface area contributed by atoms with Gasteiger partial charge >= 0.3 is 0 Å². The fourth-order valence-electron chi connectivity index (χ4n) is 5.19. The van der Waals surface area contributed by atoms with E-state index < -0.39 is 0 Å². The first-order chi connectivity index (χ1) is 19.2. The molecule has 0 bridgehead atoms. The van der Waals surface area contributed by atoms with Crippen LogP contribution in [0.2, 0.25) is 0 Å². The number of hydrogen-bond acceptors (Lipinski definition) is 0. The largest absolute Gasteiger partial charge is 0.0622 e. The first-order valence-corrected chi connectivity index (χ1v) is 15.2. The van der Waals surface area contributed by atoms with Gasteiger partial charge in [-0.05, 0) is 73.7 Å². The maximum absolute atomic E-state index is 2.31. The molecule has 5 aromatic carbocycles. The van der Waals surface area contributed by atoms with E-state index in [1.165, 1.54) is 38.2 Å². The highest BCUT2D eigenvalue weighted by Crippen LogP contribution is 2.27. The zero-order valence-electron chi connectivity index (χ0n) is 27.1. The van der Waals surface area contributed by atoms with E-state index in [0.717, 1.165) is 19.3 Å². The minimum atomic E-state index is 0.351. The van der Waals surface area contributed by atoms with Gasteiger partial charge in [-0.3, -0.25) is 0 Å². The van der Waals surface area contributed by atoms with Crippen LogP contribution in [0.3, 0.4) is 0 Å². The highest BCUT2D eigenvalue weighted by Gasteiger charge is 2.13. The molecule has 0 N–H and O–H groups in total. The highest BCUT2D eigenvalue weighted by molar-refractivity contribution is 5.85. The predicted octanol–water partition coefficient (Wildman–Crippen LogP) is 12.1. The molecule has 0 heterocycles. The summed E-state index contributed by atoms with van der Waals surface area (Å²) >= 11 is 0. The van der Waals surface area contributed by atoms with E-state index in [-0.39, 0.29) is 0 Å². The molecule has 0 spiro atoms. The number of benzene rings is 5. The summed E-state index contributed by atoms with van der Waals surface area (Å²) in [5.74, 6) is 0. The Kier molecular flexibility index (Phi) is 11.0. The lowest BCUT2D eigenvalue weighted by Gasteiger charge is -2.19. The fraction of sp³-hybridized carbons (Fsp3) is 0.366. The maximum atomic E-state index is 2.31. The van der Waals surface area contributed by atoms with E-state index in [1.54, 1.807) is 0 Å². The average molecular weight is 545 g/mol. The van der Waals surface area contributed by atoms with E-state index >= 15 is 0 Å². The van der Waals surface area contributed by atoms with Crippen molar-refractivity contribution in [1.82, 2.24) is 0 Å². The molecule has 0 aliphatic rings. The number of rotatable bonds is 3. The SMILES string of the molecule is CC(C)(C)Cc1ccc2ccccc2c1.CC(C)(C)Cc1cccc2ccccc12.CC(C)(C)Cc1ccccc1. The van der Waals surface area contributed by atoms with Gasteiger partial charge in [0.25, 0.3) is 0 Å². The van der Waals surface area contributed by atoms with Crippen molar-refractivity contribution in [3.8, 4) is 0 Å². The van der Waals surface area contributed by atoms with Gasteiger partial charge in [0, 0.05) is 0 Å². The minimum absolute atomic E-state index is 0.351. The van der Waals surface area contributed by atoms with Crippen LogP contribution in [-0.4, -0.2) is 0 Å². The van der Waals surface area contributed by atoms with Gasteiger partial charge in [-0.15, -0.1) is 0 Å². The van der Waals surface area contributed by atoms with Gasteiger partial charge in [0.2, 0.25) is 0 Å². The standard InChI is InChI=1S/2C15H18.C11H16/c1-15(2,3)11-13-9-6-8-12-7-4-5-10-14(12)13;1-15(2,3)11-12-8-9-13-6-4-5-7-14(13)10-12;1-11(2,3)9-10-7-5-4-6-8-10/h2*4-10H,11H2,1-3H3;4-8H,9H2,1-3H3. The lowest BCUT2D eigenvalue weighted by molar-refractivity contribution is 0.411. The van der Waals surface area contributed by atoms with Crippen LogP contribution in [0, 0.1) is 16.2 Å². The summed E-state index contributed by atoms with van der Waals surface area (Å²) in [6.45, 7) is 20.5. The molecule has 0 atom stereocenters. The van der Waals surface area contributed by atoms with Crippen molar-refractivity contribution in [3.05, 3.63) is 132 Å². The number of fused-ring (bicyclic) bond motifs is 2. The molecule has 0 saturated carbocycles. The lowest BCUT2D eigenvalue weighted by Crippen LogP contribution is -2.09. The maximum Gasteiger partial charge on any atom is -0.0152 e. The highest BCUT2D eigenvalue weighted by atomic mass is 14.2. The summed E-state index contributed by atoms with van der Waals surface area (Å²) in [6, 6.07) is 41.1. The normalized spacial score (nSPS) is 11.8. The summed E-state index contributed by atoms with van der Waals surface area (Å²) in [5, 5.41) is 5.42. The van der Waals surface area contributed by atoms with Crippen molar-refractivity contribution in [3.63, 3.8) is 0 Å².